The van der Waals surface area contributed by atoms with Crippen LogP contribution in [-0.2, 0) is 4.74 Å². The summed E-state index contributed by atoms with van der Waals surface area (Å²) in [5, 5.41) is 3.15. The van der Waals surface area contributed by atoms with Crippen molar-refractivity contribution in [1.82, 2.24) is 5.32 Å². The molecule has 1 aliphatic rings. The van der Waals surface area contributed by atoms with E-state index in [1.807, 2.05) is 31.2 Å². The summed E-state index contributed by atoms with van der Waals surface area (Å²) in [4.78, 5) is 13.9. The molecule has 1 N–H and O–H groups in total. The molecule has 0 saturated carbocycles. The molecule has 1 fully saturated rings. The molecular formula is C23H29NO2S. The Balaban J connectivity index is 1.64. The predicted molar refractivity (Wildman–Crippen MR) is 113 cm³/mol. The van der Waals surface area contributed by atoms with Gasteiger partial charge in [0.25, 0.3) is 5.91 Å². The molecule has 1 aliphatic heterocycles. The van der Waals surface area contributed by atoms with Crippen molar-refractivity contribution in [3.05, 3.63) is 65.2 Å². The van der Waals surface area contributed by atoms with Crippen molar-refractivity contribution in [3.8, 4) is 0 Å². The van der Waals surface area contributed by atoms with Crippen LogP contribution in [0.2, 0.25) is 0 Å². The number of carbonyl (C=O) groups excluding carboxylic acids is 1. The predicted octanol–water partition coefficient (Wildman–Crippen LogP) is 5.57. The zero-order chi connectivity index (χ0) is 19.2. The van der Waals surface area contributed by atoms with Gasteiger partial charge in [-0.2, -0.15) is 0 Å². The van der Waals surface area contributed by atoms with Gasteiger partial charge >= 0.3 is 0 Å². The third kappa shape index (κ3) is 5.36. The maximum atomic E-state index is 12.9. The van der Waals surface area contributed by atoms with Gasteiger partial charge in [0.1, 0.15) is 0 Å². The first-order valence-electron chi connectivity index (χ1n) is 9.78. The number of amides is 1. The minimum atomic E-state index is -0.0325. The van der Waals surface area contributed by atoms with E-state index in [1.54, 1.807) is 11.8 Å². The van der Waals surface area contributed by atoms with Crippen LogP contribution in [0.1, 0.15) is 67.1 Å². The summed E-state index contributed by atoms with van der Waals surface area (Å²) in [6, 6.07) is 16.3. The fourth-order valence-corrected chi connectivity index (χ4v) is 4.39. The summed E-state index contributed by atoms with van der Waals surface area (Å²) in [5.74, 6) is 1.39. The number of rotatable bonds is 7. The molecule has 0 bridgehead atoms. The molecule has 2 aromatic rings. The van der Waals surface area contributed by atoms with Crippen molar-refractivity contribution in [2.24, 2.45) is 0 Å². The second-order valence-corrected chi connectivity index (χ2v) is 8.52. The zero-order valence-corrected chi connectivity index (χ0v) is 17.2. The number of ether oxygens (including phenoxy) is 1. The minimum absolute atomic E-state index is 0.0223. The smallest absolute Gasteiger partial charge is 0.252 e. The normalized spacial score (nSPS) is 17.9. The summed E-state index contributed by atoms with van der Waals surface area (Å²) in [5.41, 5.74) is 3.18. The maximum absolute atomic E-state index is 12.9. The van der Waals surface area contributed by atoms with E-state index in [-0.39, 0.29) is 11.9 Å². The molecule has 0 spiro atoms. The van der Waals surface area contributed by atoms with Gasteiger partial charge in [-0.15, -0.1) is 11.8 Å². The van der Waals surface area contributed by atoms with Gasteiger partial charge in [-0.3, -0.25) is 4.79 Å². The Morgan fingerprint density at radius 2 is 1.81 bits per heavy atom. The molecular weight excluding hydrogens is 354 g/mol. The molecule has 27 heavy (non-hydrogen) atoms. The molecule has 1 heterocycles. The van der Waals surface area contributed by atoms with Crippen molar-refractivity contribution in [2.45, 2.75) is 56.6 Å². The number of benzene rings is 2. The molecule has 0 aliphatic carbocycles. The zero-order valence-electron chi connectivity index (χ0n) is 16.4. The lowest BCUT2D eigenvalue weighted by atomic mass is 9.99. The second kappa shape index (κ2) is 9.43. The topological polar surface area (TPSA) is 38.3 Å². The number of thioether (sulfide) groups is 1. The Kier molecular flexibility index (Phi) is 6.97. The molecule has 3 nitrogen and oxygen atoms in total. The Labute approximate surface area is 166 Å². The van der Waals surface area contributed by atoms with E-state index in [2.05, 4.69) is 43.4 Å². The van der Waals surface area contributed by atoms with E-state index in [1.165, 1.54) is 5.56 Å². The molecule has 2 unspecified atom stereocenters. The van der Waals surface area contributed by atoms with E-state index in [0.717, 1.165) is 41.2 Å². The molecule has 1 amide bonds. The Bertz CT molecular complexity index is 751. The van der Waals surface area contributed by atoms with Gasteiger partial charge in [0, 0.05) is 17.3 Å². The van der Waals surface area contributed by atoms with Crippen LogP contribution in [0.25, 0.3) is 0 Å². The molecule has 2 atom stereocenters. The third-order valence-electron chi connectivity index (χ3n) is 5.03. The van der Waals surface area contributed by atoms with Crippen LogP contribution < -0.4 is 5.32 Å². The highest BCUT2D eigenvalue weighted by Crippen LogP contribution is 2.27. The summed E-state index contributed by atoms with van der Waals surface area (Å²) in [7, 11) is 0. The monoisotopic (exact) mass is 383 g/mol. The lowest BCUT2D eigenvalue weighted by Gasteiger charge is -2.17. The average Bonchev–Trinajstić information content (AvgIpc) is 3.20. The average molecular weight is 384 g/mol. The first kappa shape index (κ1) is 20.0. The Morgan fingerprint density at radius 3 is 2.48 bits per heavy atom. The van der Waals surface area contributed by atoms with Crippen LogP contribution in [-0.4, -0.2) is 24.4 Å². The standard InChI is InChI=1S/C23H29NO2S/c1-16(2)18-10-12-19(13-11-18)17(3)24-23(25)21-8-4-5-9-22(21)27-15-20-7-6-14-26-20/h4-5,8-13,16-17,20H,6-7,14-15H2,1-3H3,(H,24,25). The van der Waals surface area contributed by atoms with Gasteiger partial charge in [-0.1, -0.05) is 50.2 Å². The Hall–Kier alpha value is -1.78. The van der Waals surface area contributed by atoms with Crippen molar-refractivity contribution < 1.29 is 9.53 Å². The second-order valence-electron chi connectivity index (χ2n) is 7.46. The third-order valence-corrected chi connectivity index (χ3v) is 6.24. The minimum Gasteiger partial charge on any atom is -0.377 e. The van der Waals surface area contributed by atoms with E-state index in [0.29, 0.717) is 12.0 Å². The fraction of sp³-hybridized carbons (Fsp3) is 0.435. The highest BCUT2D eigenvalue weighted by atomic mass is 32.2. The molecule has 1 saturated heterocycles. The van der Waals surface area contributed by atoms with Crippen LogP contribution in [0.5, 0.6) is 0 Å². The highest BCUT2D eigenvalue weighted by Gasteiger charge is 2.19. The van der Waals surface area contributed by atoms with Gasteiger partial charge in [0.05, 0.1) is 17.7 Å². The van der Waals surface area contributed by atoms with Crippen molar-refractivity contribution in [1.29, 1.82) is 0 Å². The van der Waals surface area contributed by atoms with Crippen LogP contribution in [0, 0.1) is 0 Å². The fourth-order valence-electron chi connectivity index (χ4n) is 3.27. The van der Waals surface area contributed by atoms with E-state index in [4.69, 9.17) is 4.74 Å². The van der Waals surface area contributed by atoms with Crippen LogP contribution >= 0.6 is 11.8 Å². The number of hydrogen-bond acceptors (Lipinski definition) is 3. The van der Waals surface area contributed by atoms with E-state index < -0.39 is 0 Å². The number of nitrogens with one attached hydrogen (secondary N) is 1. The van der Waals surface area contributed by atoms with Gasteiger partial charge < -0.3 is 10.1 Å². The molecule has 0 aromatic heterocycles. The quantitative estimate of drug-likeness (QED) is 0.635. The van der Waals surface area contributed by atoms with Gasteiger partial charge in [0.15, 0.2) is 0 Å². The van der Waals surface area contributed by atoms with Crippen LogP contribution in [0.15, 0.2) is 53.4 Å². The lowest BCUT2D eigenvalue weighted by molar-refractivity contribution is 0.0936. The van der Waals surface area contributed by atoms with Crippen molar-refractivity contribution in [2.75, 3.05) is 12.4 Å². The molecule has 0 radical (unpaired) electrons. The van der Waals surface area contributed by atoms with Crippen molar-refractivity contribution in [3.63, 3.8) is 0 Å². The van der Waals surface area contributed by atoms with E-state index >= 15 is 0 Å². The first-order valence-corrected chi connectivity index (χ1v) is 10.8. The largest absolute Gasteiger partial charge is 0.377 e. The summed E-state index contributed by atoms with van der Waals surface area (Å²) in [6.45, 7) is 7.27. The molecule has 3 rings (SSSR count). The van der Waals surface area contributed by atoms with Crippen LogP contribution in [0.3, 0.4) is 0 Å². The summed E-state index contributed by atoms with van der Waals surface area (Å²) < 4.78 is 5.70. The Morgan fingerprint density at radius 1 is 1.11 bits per heavy atom. The highest BCUT2D eigenvalue weighted by molar-refractivity contribution is 7.99. The maximum Gasteiger partial charge on any atom is 0.252 e. The van der Waals surface area contributed by atoms with Crippen LogP contribution in [0.4, 0.5) is 0 Å². The van der Waals surface area contributed by atoms with Crippen molar-refractivity contribution >= 4 is 17.7 Å². The summed E-state index contributed by atoms with van der Waals surface area (Å²) >= 11 is 1.71. The molecule has 144 valence electrons. The molecule has 2 aromatic carbocycles. The first-order chi connectivity index (χ1) is 13.0. The molecule has 4 heteroatoms. The lowest BCUT2D eigenvalue weighted by Crippen LogP contribution is -2.27. The number of hydrogen-bond donors (Lipinski definition) is 1. The SMILES string of the molecule is CC(C)c1ccc(C(C)NC(=O)c2ccccc2SCC2CCCO2)cc1. The summed E-state index contributed by atoms with van der Waals surface area (Å²) in [6.07, 6.45) is 2.56. The van der Waals surface area contributed by atoms with Gasteiger partial charge in [-0.05, 0) is 48.9 Å². The number of carbonyl (C=O) groups is 1. The van der Waals surface area contributed by atoms with Gasteiger partial charge in [0.2, 0.25) is 0 Å². The van der Waals surface area contributed by atoms with Gasteiger partial charge in [-0.25, -0.2) is 0 Å². The van der Waals surface area contributed by atoms with E-state index in [9.17, 15) is 4.79 Å².